The molecule has 0 unspecified atom stereocenters. The van der Waals surface area contributed by atoms with Crippen LogP contribution in [-0.2, 0) is 10.2 Å². The number of hydrogen-bond acceptors (Lipinski definition) is 5. The summed E-state index contributed by atoms with van der Waals surface area (Å²) in [4.78, 5) is 17.2. The lowest BCUT2D eigenvalue weighted by atomic mass is 9.70. The smallest absolute Gasteiger partial charge is 0.234 e. The molecule has 0 radical (unpaired) electrons. The van der Waals surface area contributed by atoms with Crippen molar-refractivity contribution in [2.75, 3.05) is 11.1 Å². The van der Waals surface area contributed by atoms with Gasteiger partial charge in [-0.3, -0.25) is 4.79 Å². The van der Waals surface area contributed by atoms with Crippen LogP contribution >= 0.6 is 11.8 Å². The van der Waals surface area contributed by atoms with E-state index in [1.807, 2.05) is 32.0 Å². The zero-order valence-electron chi connectivity index (χ0n) is 16.6. The number of anilines is 1. The molecule has 2 bridgehead atoms. The molecular formula is C21H26N4OS. The van der Waals surface area contributed by atoms with Crippen LogP contribution in [0.25, 0.3) is 0 Å². The van der Waals surface area contributed by atoms with E-state index in [2.05, 4.69) is 36.3 Å². The van der Waals surface area contributed by atoms with Crippen molar-refractivity contribution in [1.29, 1.82) is 0 Å². The van der Waals surface area contributed by atoms with Gasteiger partial charge in [-0.25, -0.2) is 4.98 Å². The summed E-state index contributed by atoms with van der Waals surface area (Å²) in [5.74, 6) is 0.673. The van der Waals surface area contributed by atoms with E-state index in [1.54, 1.807) is 0 Å². The predicted octanol–water partition coefficient (Wildman–Crippen LogP) is 4.39. The summed E-state index contributed by atoms with van der Waals surface area (Å²) in [6, 6.07) is 5.92. The van der Waals surface area contributed by atoms with Crippen molar-refractivity contribution < 1.29 is 4.79 Å². The Morgan fingerprint density at radius 3 is 2.81 bits per heavy atom. The number of thioether (sulfide) groups is 1. The second kappa shape index (κ2) is 6.30. The SMILES string of the molecule is Cc1cccc(NC(=O)CSc2nnc3c(n2)[C@@]2(C)CC[C@@H]3C2(C)C)c1C. The number of nitrogens with one attached hydrogen (secondary N) is 1. The molecular weight excluding hydrogens is 356 g/mol. The van der Waals surface area contributed by atoms with E-state index in [0.29, 0.717) is 11.1 Å². The summed E-state index contributed by atoms with van der Waals surface area (Å²) < 4.78 is 0. The van der Waals surface area contributed by atoms with E-state index in [1.165, 1.54) is 11.8 Å². The van der Waals surface area contributed by atoms with Gasteiger partial charge in [0.2, 0.25) is 11.1 Å². The molecule has 1 saturated carbocycles. The molecule has 6 heteroatoms. The molecule has 2 aliphatic carbocycles. The molecule has 2 aliphatic rings. The van der Waals surface area contributed by atoms with Gasteiger partial charge in [0.25, 0.3) is 0 Å². The molecule has 1 N–H and O–H groups in total. The molecule has 27 heavy (non-hydrogen) atoms. The molecule has 5 nitrogen and oxygen atoms in total. The Labute approximate surface area is 164 Å². The van der Waals surface area contributed by atoms with E-state index < -0.39 is 0 Å². The van der Waals surface area contributed by atoms with Gasteiger partial charge in [0.1, 0.15) is 0 Å². The summed E-state index contributed by atoms with van der Waals surface area (Å²) in [6.07, 6.45) is 2.31. The summed E-state index contributed by atoms with van der Waals surface area (Å²) >= 11 is 1.35. The highest BCUT2D eigenvalue weighted by Crippen LogP contribution is 2.66. The fourth-order valence-electron chi connectivity index (χ4n) is 4.63. The van der Waals surface area contributed by atoms with Gasteiger partial charge in [0.05, 0.1) is 17.1 Å². The first-order valence-corrected chi connectivity index (χ1v) is 10.5. The number of aryl methyl sites for hydroxylation is 1. The highest BCUT2D eigenvalue weighted by molar-refractivity contribution is 7.99. The van der Waals surface area contributed by atoms with Crippen molar-refractivity contribution in [2.45, 2.75) is 63.9 Å². The molecule has 1 fully saturated rings. The molecule has 1 heterocycles. The average molecular weight is 383 g/mol. The van der Waals surface area contributed by atoms with E-state index in [4.69, 9.17) is 4.98 Å². The molecule has 1 aromatic carbocycles. The molecule has 0 saturated heterocycles. The van der Waals surface area contributed by atoms with Gasteiger partial charge in [-0.2, -0.15) is 5.10 Å². The summed E-state index contributed by atoms with van der Waals surface area (Å²) in [6.45, 7) is 11.0. The first-order chi connectivity index (χ1) is 12.7. The van der Waals surface area contributed by atoms with Gasteiger partial charge in [-0.05, 0) is 49.3 Å². The van der Waals surface area contributed by atoms with Crippen molar-refractivity contribution in [3.8, 4) is 0 Å². The van der Waals surface area contributed by atoms with Gasteiger partial charge in [0, 0.05) is 17.0 Å². The van der Waals surface area contributed by atoms with Crippen molar-refractivity contribution in [1.82, 2.24) is 15.2 Å². The topological polar surface area (TPSA) is 67.8 Å². The van der Waals surface area contributed by atoms with E-state index in [9.17, 15) is 4.79 Å². The number of hydrogen-bond donors (Lipinski definition) is 1. The highest BCUT2D eigenvalue weighted by atomic mass is 32.2. The number of amides is 1. The fourth-order valence-corrected chi connectivity index (χ4v) is 5.21. The number of nitrogens with zero attached hydrogens (tertiary/aromatic N) is 3. The number of fused-ring (bicyclic) bond motifs is 5. The van der Waals surface area contributed by atoms with Crippen molar-refractivity contribution in [3.05, 3.63) is 40.7 Å². The first kappa shape index (κ1) is 18.4. The molecule has 0 aliphatic heterocycles. The van der Waals surface area contributed by atoms with Crippen molar-refractivity contribution >= 4 is 23.4 Å². The molecule has 4 rings (SSSR count). The number of aromatic nitrogens is 3. The minimum atomic E-state index is -0.0501. The Kier molecular flexibility index (Phi) is 4.29. The van der Waals surface area contributed by atoms with Gasteiger partial charge >= 0.3 is 0 Å². The summed E-state index contributed by atoms with van der Waals surface area (Å²) in [5, 5.41) is 12.4. The number of rotatable bonds is 4. The third kappa shape index (κ3) is 2.76. The van der Waals surface area contributed by atoms with Crippen LogP contribution in [0, 0.1) is 19.3 Å². The predicted molar refractivity (Wildman–Crippen MR) is 108 cm³/mol. The number of carbonyl (C=O) groups excluding carboxylic acids is 1. The van der Waals surface area contributed by atoms with Gasteiger partial charge in [-0.15, -0.1) is 5.10 Å². The average Bonchev–Trinajstić information content (AvgIpc) is 2.96. The van der Waals surface area contributed by atoms with Crippen LogP contribution in [0.1, 0.15) is 62.0 Å². The third-order valence-electron chi connectivity index (χ3n) is 6.98. The van der Waals surface area contributed by atoms with Gasteiger partial charge in [0.15, 0.2) is 0 Å². The lowest BCUT2D eigenvalue weighted by Crippen LogP contribution is -2.32. The Balaban J connectivity index is 1.46. The Hall–Kier alpha value is -1.95. The Morgan fingerprint density at radius 2 is 2.04 bits per heavy atom. The quantitative estimate of drug-likeness (QED) is 0.794. The van der Waals surface area contributed by atoms with Crippen LogP contribution in [0.3, 0.4) is 0 Å². The van der Waals surface area contributed by atoms with Gasteiger partial charge < -0.3 is 5.32 Å². The largest absolute Gasteiger partial charge is 0.325 e. The highest BCUT2D eigenvalue weighted by Gasteiger charge is 2.61. The standard InChI is InChI=1S/C21H26N4OS/c1-12-7-6-8-15(13(12)2)22-16(26)11-27-19-23-18-17(24-25-19)14-9-10-21(18,5)20(14,3)4/h6-8,14H,9-11H2,1-5H3,(H,22,26)/t14-,21+/m0/s1. The monoisotopic (exact) mass is 382 g/mol. The zero-order valence-corrected chi connectivity index (χ0v) is 17.4. The van der Waals surface area contributed by atoms with E-state index in [0.717, 1.165) is 41.0 Å². The maximum absolute atomic E-state index is 12.4. The zero-order chi connectivity index (χ0) is 19.4. The Bertz CT molecular complexity index is 926. The fraction of sp³-hybridized carbons (Fsp3) is 0.524. The number of benzene rings is 1. The van der Waals surface area contributed by atoms with Gasteiger partial charge in [-0.1, -0.05) is 44.7 Å². The molecule has 2 aromatic rings. The second-order valence-electron chi connectivity index (χ2n) is 8.56. The Morgan fingerprint density at radius 1 is 1.26 bits per heavy atom. The lowest BCUT2D eigenvalue weighted by molar-refractivity contribution is -0.113. The van der Waals surface area contributed by atoms with Crippen LogP contribution in [0.15, 0.2) is 23.4 Å². The molecule has 1 amide bonds. The van der Waals surface area contributed by atoms with E-state index >= 15 is 0 Å². The van der Waals surface area contributed by atoms with Crippen molar-refractivity contribution in [3.63, 3.8) is 0 Å². The maximum Gasteiger partial charge on any atom is 0.234 e. The summed E-state index contributed by atoms with van der Waals surface area (Å²) in [5.41, 5.74) is 5.50. The number of carbonyl (C=O) groups is 1. The van der Waals surface area contributed by atoms with Crippen molar-refractivity contribution in [2.24, 2.45) is 5.41 Å². The first-order valence-electron chi connectivity index (χ1n) is 9.48. The molecule has 2 atom stereocenters. The molecule has 1 aromatic heterocycles. The van der Waals surface area contributed by atoms with Crippen LogP contribution in [0.2, 0.25) is 0 Å². The third-order valence-corrected chi connectivity index (χ3v) is 7.82. The second-order valence-corrected chi connectivity index (χ2v) is 9.50. The van der Waals surface area contributed by atoms with Crippen LogP contribution in [0.5, 0.6) is 0 Å². The van der Waals surface area contributed by atoms with Crippen LogP contribution in [0.4, 0.5) is 5.69 Å². The maximum atomic E-state index is 12.4. The summed E-state index contributed by atoms with van der Waals surface area (Å²) in [7, 11) is 0. The minimum absolute atomic E-state index is 0.0501. The van der Waals surface area contributed by atoms with E-state index in [-0.39, 0.29) is 22.5 Å². The molecule has 0 spiro atoms. The van der Waals surface area contributed by atoms with Crippen LogP contribution in [-0.4, -0.2) is 26.8 Å². The van der Waals surface area contributed by atoms with Crippen LogP contribution < -0.4 is 5.32 Å². The minimum Gasteiger partial charge on any atom is -0.325 e. The lowest BCUT2D eigenvalue weighted by Gasteiger charge is -2.33. The molecule has 142 valence electrons. The normalized spacial score (nSPS) is 24.7.